The molecule has 2 aromatic carbocycles. The topological polar surface area (TPSA) is 81.9 Å². The van der Waals surface area contributed by atoms with Crippen molar-refractivity contribution in [3.63, 3.8) is 0 Å². The first-order valence-electron chi connectivity index (χ1n) is 7.93. The molecule has 1 unspecified atom stereocenters. The Hall–Kier alpha value is -3.22. The van der Waals surface area contributed by atoms with Crippen molar-refractivity contribution in [2.75, 3.05) is 7.11 Å². The lowest BCUT2D eigenvalue weighted by Crippen LogP contribution is -2.34. The van der Waals surface area contributed by atoms with Crippen LogP contribution in [0.25, 0.3) is 0 Å². The van der Waals surface area contributed by atoms with Crippen LogP contribution >= 0.6 is 0 Å². The molecular formula is C18H19N5O2. The molecule has 3 aromatic rings. The number of carbonyl (C=O) groups is 1. The Labute approximate surface area is 145 Å². The summed E-state index contributed by atoms with van der Waals surface area (Å²) in [5, 5.41) is 14.1. The SMILES string of the molecule is COc1ccc(CNC(=O)C(Cc2ccccc2)n2cnnn2)cc1. The summed E-state index contributed by atoms with van der Waals surface area (Å²) < 4.78 is 6.62. The first-order chi connectivity index (χ1) is 12.3. The van der Waals surface area contributed by atoms with Gasteiger partial charge in [0.05, 0.1) is 7.11 Å². The van der Waals surface area contributed by atoms with Gasteiger partial charge in [0.25, 0.3) is 0 Å². The van der Waals surface area contributed by atoms with Crippen LogP contribution in [0.3, 0.4) is 0 Å². The van der Waals surface area contributed by atoms with E-state index in [2.05, 4.69) is 20.8 Å². The summed E-state index contributed by atoms with van der Waals surface area (Å²) in [4.78, 5) is 12.7. The molecule has 1 N–H and O–H groups in total. The molecule has 7 heteroatoms. The molecule has 0 bridgehead atoms. The highest BCUT2D eigenvalue weighted by Gasteiger charge is 2.22. The maximum absolute atomic E-state index is 12.7. The molecule has 0 saturated heterocycles. The van der Waals surface area contributed by atoms with E-state index in [0.717, 1.165) is 16.9 Å². The third kappa shape index (κ3) is 4.41. The van der Waals surface area contributed by atoms with Crippen molar-refractivity contribution in [3.8, 4) is 5.75 Å². The first-order valence-corrected chi connectivity index (χ1v) is 7.93. The second-order valence-electron chi connectivity index (χ2n) is 5.56. The molecule has 25 heavy (non-hydrogen) atoms. The number of nitrogens with one attached hydrogen (secondary N) is 1. The molecule has 0 radical (unpaired) electrons. The highest BCUT2D eigenvalue weighted by Crippen LogP contribution is 2.14. The van der Waals surface area contributed by atoms with Crippen LogP contribution in [0.2, 0.25) is 0 Å². The number of aromatic nitrogens is 4. The van der Waals surface area contributed by atoms with E-state index in [9.17, 15) is 4.79 Å². The van der Waals surface area contributed by atoms with Gasteiger partial charge in [0.1, 0.15) is 18.1 Å². The van der Waals surface area contributed by atoms with E-state index in [4.69, 9.17) is 4.74 Å². The molecular weight excluding hydrogens is 318 g/mol. The number of carbonyl (C=O) groups excluding carboxylic acids is 1. The van der Waals surface area contributed by atoms with Crippen LogP contribution in [0.1, 0.15) is 17.2 Å². The first kappa shape index (κ1) is 16.6. The minimum atomic E-state index is -0.504. The van der Waals surface area contributed by atoms with Gasteiger partial charge in [0.2, 0.25) is 5.91 Å². The summed E-state index contributed by atoms with van der Waals surface area (Å²) in [6, 6.07) is 16.9. The van der Waals surface area contributed by atoms with Crippen molar-refractivity contribution < 1.29 is 9.53 Å². The predicted octanol–water partition coefficient (Wildman–Crippen LogP) is 1.78. The predicted molar refractivity (Wildman–Crippen MR) is 91.8 cm³/mol. The van der Waals surface area contributed by atoms with Gasteiger partial charge in [-0.05, 0) is 33.7 Å². The lowest BCUT2D eigenvalue weighted by Gasteiger charge is -2.16. The van der Waals surface area contributed by atoms with Crippen LogP contribution in [-0.4, -0.2) is 33.2 Å². The molecule has 0 aliphatic carbocycles. The number of hydrogen-bond donors (Lipinski definition) is 1. The number of benzene rings is 2. The summed E-state index contributed by atoms with van der Waals surface area (Å²) in [6.45, 7) is 0.427. The van der Waals surface area contributed by atoms with Gasteiger partial charge >= 0.3 is 0 Å². The molecule has 0 fully saturated rings. The molecule has 1 amide bonds. The van der Waals surface area contributed by atoms with Crippen molar-refractivity contribution in [2.24, 2.45) is 0 Å². The second-order valence-corrected chi connectivity index (χ2v) is 5.56. The number of methoxy groups -OCH3 is 1. The van der Waals surface area contributed by atoms with Gasteiger partial charge in [-0.1, -0.05) is 42.5 Å². The number of amides is 1. The number of tetrazole rings is 1. The summed E-state index contributed by atoms with van der Waals surface area (Å²) in [5.41, 5.74) is 2.03. The van der Waals surface area contributed by atoms with E-state index in [-0.39, 0.29) is 5.91 Å². The van der Waals surface area contributed by atoms with Crippen molar-refractivity contribution >= 4 is 5.91 Å². The van der Waals surface area contributed by atoms with Gasteiger partial charge in [-0.2, -0.15) is 0 Å². The Kier molecular flexibility index (Phi) is 5.36. The number of nitrogens with zero attached hydrogens (tertiary/aromatic N) is 4. The third-order valence-corrected chi connectivity index (χ3v) is 3.88. The van der Waals surface area contributed by atoms with Crippen LogP contribution in [-0.2, 0) is 17.8 Å². The molecule has 7 nitrogen and oxygen atoms in total. The van der Waals surface area contributed by atoms with E-state index in [1.165, 1.54) is 11.0 Å². The number of hydrogen-bond acceptors (Lipinski definition) is 5. The molecule has 3 rings (SSSR count). The molecule has 1 heterocycles. The maximum atomic E-state index is 12.7. The van der Waals surface area contributed by atoms with Gasteiger partial charge in [0, 0.05) is 13.0 Å². The highest BCUT2D eigenvalue weighted by atomic mass is 16.5. The Morgan fingerprint density at radius 2 is 1.88 bits per heavy atom. The minimum Gasteiger partial charge on any atom is -0.497 e. The maximum Gasteiger partial charge on any atom is 0.245 e. The second kappa shape index (κ2) is 8.05. The average molecular weight is 337 g/mol. The molecule has 1 atom stereocenters. The Bertz CT molecular complexity index is 788. The largest absolute Gasteiger partial charge is 0.497 e. The van der Waals surface area contributed by atoms with Crippen molar-refractivity contribution in [1.82, 2.24) is 25.5 Å². The minimum absolute atomic E-state index is 0.132. The smallest absolute Gasteiger partial charge is 0.245 e. The zero-order valence-electron chi connectivity index (χ0n) is 13.9. The average Bonchev–Trinajstić information content (AvgIpc) is 3.20. The van der Waals surface area contributed by atoms with Gasteiger partial charge in [0.15, 0.2) is 0 Å². The monoisotopic (exact) mass is 337 g/mol. The fraction of sp³-hybridized carbons (Fsp3) is 0.222. The molecule has 0 spiro atoms. The summed E-state index contributed by atoms with van der Waals surface area (Å²) in [5.74, 6) is 0.651. The van der Waals surface area contributed by atoms with E-state index in [1.807, 2.05) is 54.6 Å². The Balaban J connectivity index is 1.68. The van der Waals surface area contributed by atoms with E-state index < -0.39 is 6.04 Å². The quantitative estimate of drug-likeness (QED) is 0.711. The van der Waals surface area contributed by atoms with E-state index >= 15 is 0 Å². The van der Waals surface area contributed by atoms with Gasteiger partial charge in [-0.3, -0.25) is 4.79 Å². The number of rotatable bonds is 7. The third-order valence-electron chi connectivity index (χ3n) is 3.88. The van der Waals surface area contributed by atoms with Gasteiger partial charge < -0.3 is 10.1 Å². The fourth-order valence-corrected chi connectivity index (χ4v) is 2.51. The van der Waals surface area contributed by atoms with E-state index in [1.54, 1.807) is 7.11 Å². The lowest BCUT2D eigenvalue weighted by atomic mass is 10.1. The zero-order valence-corrected chi connectivity index (χ0v) is 13.9. The normalized spacial score (nSPS) is 11.7. The summed E-state index contributed by atoms with van der Waals surface area (Å²) in [7, 11) is 1.62. The van der Waals surface area contributed by atoms with Crippen molar-refractivity contribution in [3.05, 3.63) is 72.1 Å². The van der Waals surface area contributed by atoms with Gasteiger partial charge in [-0.25, -0.2) is 4.68 Å². The Morgan fingerprint density at radius 1 is 1.12 bits per heavy atom. The van der Waals surface area contributed by atoms with E-state index in [0.29, 0.717) is 13.0 Å². The van der Waals surface area contributed by atoms with Crippen molar-refractivity contribution in [2.45, 2.75) is 19.0 Å². The summed E-state index contributed by atoms with van der Waals surface area (Å²) in [6.07, 6.45) is 1.97. The van der Waals surface area contributed by atoms with Crippen LogP contribution in [0.5, 0.6) is 5.75 Å². The molecule has 0 aliphatic rings. The lowest BCUT2D eigenvalue weighted by molar-refractivity contribution is -0.124. The fourth-order valence-electron chi connectivity index (χ4n) is 2.51. The number of ether oxygens (including phenoxy) is 1. The zero-order chi connectivity index (χ0) is 17.5. The molecule has 128 valence electrons. The van der Waals surface area contributed by atoms with Crippen molar-refractivity contribution in [1.29, 1.82) is 0 Å². The summed E-state index contributed by atoms with van der Waals surface area (Å²) >= 11 is 0. The molecule has 0 aliphatic heterocycles. The van der Waals surface area contributed by atoms with Crippen LogP contribution < -0.4 is 10.1 Å². The van der Waals surface area contributed by atoms with Crippen LogP contribution in [0.4, 0.5) is 0 Å². The molecule has 1 aromatic heterocycles. The molecule has 0 saturated carbocycles. The van der Waals surface area contributed by atoms with Gasteiger partial charge in [-0.15, -0.1) is 5.10 Å². The highest BCUT2D eigenvalue weighted by molar-refractivity contribution is 5.80. The Morgan fingerprint density at radius 3 is 2.52 bits per heavy atom. The van der Waals surface area contributed by atoms with Crippen LogP contribution in [0.15, 0.2) is 60.9 Å². The standard InChI is InChI=1S/C18H19N5O2/c1-25-16-9-7-15(8-10-16)12-19-18(24)17(23-13-20-21-22-23)11-14-5-3-2-4-6-14/h2-10,13,17H,11-12H2,1H3,(H,19,24). The van der Waals surface area contributed by atoms with Crippen LogP contribution in [0, 0.1) is 0 Å².